The molecule has 1 heteroatoms. The molecule has 0 aromatic heterocycles. The van der Waals surface area contributed by atoms with Crippen molar-refractivity contribution in [2.24, 2.45) is 11.8 Å². The highest BCUT2D eigenvalue weighted by molar-refractivity contribution is 4.65. The van der Waals surface area contributed by atoms with Crippen LogP contribution in [0.15, 0.2) is 0 Å². The van der Waals surface area contributed by atoms with Gasteiger partial charge in [-0.15, -0.1) is 0 Å². The van der Waals surface area contributed by atoms with Crippen LogP contribution in [0.25, 0.3) is 0 Å². The lowest BCUT2D eigenvalue weighted by Gasteiger charge is -2.18. The molecular formula is C15H31N. The van der Waals surface area contributed by atoms with Gasteiger partial charge in [0.25, 0.3) is 0 Å². The Hall–Kier alpha value is -0.0400. The fourth-order valence-electron chi connectivity index (χ4n) is 2.96. The van der Waals surface area contributed by atoms with Gasteiger partial charge in [-0.2, -0.15) is 0 Å². The van der Waals surface area contributed by atoms with Crippen LogP contribution < -0.4 is 0 Å². The monoisotopic (exact) mass is 225 g/mol. The van der Waals surface area contributed by atoms with E-state index in [0.717, 1.165) is 11.8 Å². The highest BCUT2D eigenvalue weighted by Crippen LogP contribution is 2.24. The van der Waals surface area contributed by atoms with Crippen LogP contribution in [-0.2, 0) is 0 Å². The number of nitrogens with zero attached hydrogens (tertiary/aromatic N) is 1. The maximum absolute atomic E-state index is 2.52. The summed E-state index contributed by atoms with van der Waals surface area (Å²) < 4.78 is 0. The van der Waals surface area contributed by atoms with E-state index in [1.54, 1.807) is 0 Å². The van der Waals surface area contributed by atoms with E-state index < -0.39 is 0 Å². The molecule has 1 aliphatic rings. The molecule has 1 saturated heterocycles. The van der Waals surface area contributed by atoms with Crippen LogP contribution in [0.3, 0.4) is 0 Å². The van der Waals surface area contributed by atoms with Crippen molar-refractivity contribution in [3.63, 3.8) is 0 Å². The van der Waals surface area contributed by atoms with Gasteiger partial charge in [0.1, 0.15) is 0 Å². The summed E-state index contributed by atoms with van der Waals surface area (Å²) in [4.78, 5) is 2.52. The third-order valence-corrected chi connectivity index (χ3v) is 3.86. The predicted octanol–water partition coefficient (Wildman–Crippen LogP) is 4.32. The summed E-state index contributed by atoms with van der Waals surface area (Å²) in [6, 6.07) is 0. The fraction of sp³-hybridized carbons (Fsp3) is 1.00. The summed E-state index contributed by atoms with van der Waals surface area (Å²) in [5, 5.41) is 0. The molecule has 0 radical (unpaired) electrons. The predicted molar refractivity (Wildman–Crippen MR) is 72.8 cm³/mol. The molecule has 0 bridgehead atoms. The van der Waals surface area contributed by atoms with E-state index in [0.29, 0.717) is 0 Å². The Morgan fingerprint density at radius 2 is 1.50 bits per heavy atom. The van der Waals surface area contributed by atoms with E-state index in [1.807, 2.05) is 0 Å². The van der Waals surface area contributed by atoms with Crippen molar-refractivity contribution in [2.75, 3.05) is 20.1 Å². The minimum atomic E-state index is 0.887. The molecule has 0 aromatic rings. The Labute approximate surface area is 103 Å². The van der Waals surface area contributed by atoms with Gasteiger partial charge in [0.2, 0.25) is 0 Å². The third kappa shape index (κ3) is 6.52. The molecule has 1 rings (SSSR count). The van der Waals surface area contributed by atoms with Gasteiger partial charge in [0.15, 0.2) is 0 Å². The Bertz CT molecular complexity index is 165. The van der Waals surface area contributed by atoms with Gasteiger partial charge < -0.3 is 4.90 Å². The van der Waals surface area contributed by atoms with Crippen LogP contribution in [0.5, 0.6) is 0 Å². The summed E-state index contributed by atoms with van der Waals surface area (Å²) in [5.41, 5.74) is 0. The molecular weight excluding hydrogens is 194 g/mol. The standard InChI is InChI=1S/C15H31N/c1-14(2)13-15-9-5-4-7-11-16(3)12-8-6-10-15/h14-15H,4-13H2,1-3H3. The average molecular weight is 225 g/mol. The quantitative estimate of drug-likeness (QED) is 0.676. The second-order valence-electron chi connectivity index (χ2n) is 6.14. The molecule has 1 aliphatic heterocycles. The van der Waals surface area contributed by atoms with Crippen LogP contribution in [-0.4, -0.2) is 25.0 Å². The lowest BCUT2D eigenvalue weighted by atomic mass is 9.88. The number of rotatable bonds is 2. The van der Waals surface area contributed by atoms with E-state index in [9.17, 15) is 0 Å². The molecule has 1 fully saturated rings. The molecule has 1 atom stereocenters. The van der Waals surface area contributed by atoms with Gasteiger partial charge in [0, 0.05) is 0 Å². The van der Waals surface area contributed by atoms with Gasteiger partial charge in [-0.1, -0.05) is 46.0 Å². The first-order valence-electron chi connectivity index (χ1n) is 7.37. The summed E-state index contributed by atoms with van der Waals surface area (Å²) in [7, 11) is 2.28. The van der Waals surface area contributed by atoms with E-state index in [4.69, 9.17) is 0 Å². The van der Waals surface area contributed by atoms with Crippen molar-refractivity contribution in [1.82, 2.24) is 4.90 Å². The van der Waals surface area contributed by atoms with E-state index in [2.05, 4.69) is 25.8 Å². The van der Waals surface area contributed by atoms with Gasteiger partial charge in [-0.05, 0) is 51.2 Å². The zero-order chi connectivity index (χ0) is 11.8. The lowest BCUT2D eigenvalue weighted by Crippen LogP contribution is -2.20. The summed E-state index contributed by atoms with van der Waals surface area (Å²) >= 11 is 0. The lowest BCUT2D eigenvalue weighted by molar-refractivity contribution is 0.315. The van der Waals surface area contributed by atoms with Crippen LogP contribution in [0, 0.1) is 11.8 Å². The first kappa shape index (κ1) is 14.0. The van der Waals surface area contributed by atoms with E-state index in [1.165, 1.54) is 64.5 Å². The first-order valence-corrected chi connectivity index (χ1v) is 7.37. The second-order valence-corrected chi connectivity index (χ2v) is 6.14. The van der Waals surface area contributed by atoms with Gasteiger partial charge >= 0.3 is 0 Å². The van der Waals surface area contributed by atoms with Crippen molar-refractivity contribution in [2.45, 2.75) is 65.2 Å². The molecule has 0 aliphatic carbocycles. The van der Waals surface area contributed by atoms with Crippen molar-refractivity contribution in [3.8, 4) is 0 Å². The number of hydrogen-bond donors (Lipinski definition) is 0. The van der Waals surface area contributed by atoms with Gasteiger partial charge in [-0.3, -0.25) is 0 Å². The molecule has 0 amide bonds. The smallest absolute Gasteiger partial charge is 0.00218 e. The highest BCUT2D eigenvalue weighted by atomic mass is 15.1. The van der Waals surface area contributed by atoms with E-state index in [-0.39, 0.29) is 0 Å². The fourth-order valence-corrected chi connectivity index (χ4v) is 2.96. The zero-order valence-electron chi connectivity index (χ0n) is 11.7. The first-order chi connectivity index (χ1) is 7.68. The summed E-state index contributed by atoms with van der Waals surface area (Å²) in [6.07, 6.45) is 11.6. The SMILES string of the molecule is CC(C)CC1CCCCCN(C)CCCC1. The molecule has 0 saturated carbocycles. The Balaban J connectivity index is 2.31. The maximum atomic E-state index is 2.52. The molecule has 0 aromatic carbocycles. The average Bonchev–Trinajstić information content (AvgIpc) is 2.25. The van der Waals surface area contributed by atoms with Crippen LogP contribution in [0.2, 0.25) is 0 Å². The van der Waals surface area contributed by atoms with Gasteiger partial charge in [-0.25, -0.2) is 0 Å². The summed E-state index contributed by atoms with van der Waals surface area (Å²) in [6.45, 7) is 7.38. The van der Waals surface area contributed by atoms with Crippen molar-refractivity contribution in [1.29, 1.82) is 0 Å². The Kier molecular flexibility index (Phi) is 7.11. The second kappa shape index (κ2) is 8.11. The van der Waals surface area contributed by atoms with Crippen molar-refractivity contribution >= 4 is 0 Å². The van der Waals surface area contributed by atoms with Crippen LogP contribution in [0.1, 0.15) is 65.2 Å². The number of hydrogen-bond acceptors (Lipinski definition) is 1. The molecule has 0 N–H and O–H groups in total. The van der Waals surface area contributed by atoms with Gasteiger partial charge in [0.05, 0.1) is 0 Å². The topological polar surface area (TPSA) is 3.24 Å². The zero-order valence-corrected chi connectivity index (χ0v) is 11.7. The molecule has 16 heavy (non-hydrogen) atoms. The molecule has 1 unspecified atom stereocenters. The maximum Gasteiger partial charge on any atom is -0.00218 e. The molecule has 96 valence electrons. The molecule has 1 nitrogen and oxygen atoms in total. The normalized spacial score (nSPS) is 26.6. The highest BCUT2D eigenvalue weighted by Gasteiger charge is 2.12. The molecule has 1 heterocycles. The Morgan fingerprint density at radius 1 is 0.938 bits per heavy atom. The van der Waals surface area contributed by atoms with Crippen LogP contribution in [0.4, 0.5) is 0 Å². The minimum absolute atomic E-state index is 0.887. The van der Waals surface area contributed by atoms with Crippen molar-refractivity contribution in [3.05, 3.63) is 0 Å². The van der Waals surface area contributed by atoms with Crippen LogP contribution >= 0.6 is 0 Å². The largest absolute Gasteiger partial charge is 0.306 e. The molecule has 0 spiro atoms. The minimum Gasteiger partial charge on any atom is -0.306 e. The third-order valence-electron chi connectivity index (χ3n) is 3.86. The van der Waals surface area contributed by atoms with Crippen molar-refractivity contribution < 1.29 is 0 Å². The Morgan fingerprint density at radius 3 is 2.12 bits per heavy atom. The van der Waals surface area contributed by atoms with E-state index >= 15 is 0 Å². The summed E-state index contributed by atoms with van der Waals surface area (Å²) in [5.74, 6) is 1.90.